The van der Waals surface area contributed by atoms with Crippen molar-refractivity contribution in [1.82, 2.24) is 25.0 Å². The number of anilines is 1. The number of likely N-dealkylation sites (tertiary alicyclic amines) is 1. The van der Waals surface area contributed by atoms with Gasteiger partial charge in [0.05, 0.1) is 23.6 Å². The number of carbonyl (C=O) groups is 2. The Kier molecular flexibility index (Phi) is 7.13. The molecule has 0 unspecified atom stereocenters. The summed E-state index contributed by atoms with van der Waals surface area (Å²) in [5.41, 5.74) is -0.102. The van der Waals surface area contributed by atoms with Crippen LogP contribution in [-0.2, 0) is 11.0 Å². The predicted octanol–water partition coefficient (Wildman–Crippen LogP) is 5.42. The molecule has 0 aliphatic carbocycles. The van der Waals surface area contributed by atoms with Crippen LogP contribution in [0.2, 0.25) is 0 Å². The van der Waals surface area contributed by atoms with E-state index < -0.39 is 29.0 Å². The molecule has 8 nitrogen and oxygen atoms in total. The van der Waals surface area contributed by atoms with Crippen molar-refractivity contribution in [3.8, 4) is 16.9 Å². The van der Waals surface area contributed by atoms with Crippen LogP contribution in [-0.4, -0.2) is 56.8 Å². The molecular formula is C31H27F5N6O2. The highest BCUT2D eigenvalue weighted by atomic mass is 19.4. The van der Waals surface area contributed by atoms with Gasteiger partial charge in [-0.15, -0.1) is 0 Å². The van der Waals surface area contributed by atoms with Crippen molar-refractivity contribution in [2.45, 2.75) is 38.4 Å². The zero-order valence-corrected chi connectivity index (χ0v) is 23.8. The molecule has 0 saturated carbocycles. The molecule has 2 fully saturated rings. The van der Waals surface area contributed by atoms with Crippen LogP contribution in [0.3, 0.4) is 0 Å². The highest BCUT2D eigenvalue weighted by Gasteiger charge is 2.51. The van der Waals surface area contributed by atoms with E-state index in [0.29, 0.717) is 47.4 Å². The number of hydrogen-bond acceptors (Lipinski definition) is 5. The van der Waals surface area contributed by atoms with Crippen molar-refractivity contribution in [2.75, 3.05) is 24.7 Å². The van der Waals surface area contributed by atoms with Crippen LogP contribution < -0.4 is 10.2 Å². The van der Waals surface area contributed by atoms with Crippen molar-refractivity contribution in [1.29, 1.82) is 0 Å². The fourth-order valence-electron chi connectivity index (χ4n) is 6.01. The standard InChI is InChI=1S/C31H27F5N6O2/c1-18-12-22(13-19(2)27(18)33)41-17-38-29(44)30(41)7-10-40(11-8-30)28(43)25-15-26(20-4-3-9-37-16-20)42(39-25)21-5-6-24(32)23(14-21)31(34,35)36/h3-6,9,12-16H,7-8,10-11,17H2,1-2H3,(H,38,44). The Morgan fingerprint density at radius 3 is 2.32 bits per heavy atom. The maximum Gasteiger partial charge on any atom is 0.419 e. The second-order valence-corrected chi connectivity index (χ2v) is 11.0. The summed E-state index contributed by atoms with van der Waals surface area (Å²) in [5.74, 6) is -2.38. The molecule has 1 spiro atoms. The monoisotopic (exact) mass is 610 g/mol. The van der Waals surface area contributed by atoms with E-state index in [1.807, 2.05) is 4.90 Å². The number of amides is 2. The largest absolute Gasteiger partial charge is 0.419 e. The molecule has 2 aliphatic heterocycles. The molecule has 6 rings (SSSR count). The first-order valence-corrected chi connectivity index (χ1v) is 13.9. The Bertz CT molecular complexity index is 1740. The number of carbonyl (C=O) groups excluding carboxylic acids is 2. The molecule has 2 saturated heterocycles. The molecule has 44 heavy (non-hydrogen) atoms. The minimum Gasteiger partial charge on any atom is -0.339 e. The van der Waals surface area contributed by atoms with E-state index in [1.165, 1.54) is 18.5 Å². The van der Waals surface area contributed by atoms with Crippen LogP contribution in [0, 0.1) is 25.5 Å². The fraction of sp³-hybridized carbons (Fsp3) is 0.290. The van der Waals surface area contributed by atoms with Crippen molar-refractivity contribution in [3.63, 3.8) is 0 Å². The molecule has 228 valence electrons. The van der Waals surface area contributed by atoms with Crippen LogP contribution in [0.1, 0.15) is 40.0 Å². The SMILES string of the molecule is Cc1cc(N2CNC(=O)C23CCN(C(=O)c2cc(-c4cccnc4)n(-c4ccc(F)c(C(F)(F)F)c4)n2)CC3)cc(C)c1F. The molecule has 2 aromatic heterocycles. The average Bonchev–Trinajstić information content (AvgIpc) is 3.58. The van der Waals surface area contributed by atoms with Crippen molar-refractivity contribution < 1.29 is 31.5 Å². The summed E-state index contributed by atoms with van der Waals surface area (Å²) in [6, 6.07) is 10.7. The molecular weight excluding hydrogens is 583 g/mol. The Morgan fingerprint density at radius 1 is 0.977 bits per heavy atom. The number of alkyl halides is 3. The first kappa shape index (κ1) is 29.3. The molecule has 4 heterocycles. The van der Waals surface area contributed by atoms with Crippen molar-refractivity contribution in [3.05, 3.63) is 94.9 Å². The second kappa shape index (κ2) is 10.7. The summed E-state index contributed by atoms with van der Waals surface area (Å²) < 4.78 is 70.0. The van der Waals surface area contributed by atoms with Gasteiger partial charge in [-0.05, 0) is 86.3 Å². The smallest absolute Gasteiger partial charge is 0.339 e. The summed E-state index contributed by atoms with van der Waals surface area (Å²) in [6.45, 7) is 3.98. The number of nitrogens with zero attached hydrogens (tertiary/aromatic N) is 5. The average molecular weight is 611 g/mol. The van der Waals surface area contributed by atoms with E-state index in [0.717, 1.165) is 10.7 Å². The fourth-order valence-corrected chi connectivity index (χ4v) is 6.01. The molecule has 0 bridgehead atoms. The zero-order valence-electron chi connectivity index (χ0n) is 23.8. The van der Waals surface area contributed by atoms with Crippen LogP contribution in [0.25, 0.3) is 16.9 Å². The Morgan fingerprint density at radius 2 is 1.68 bits per heavy atom. The number of piperidine rings is 1. The van der Waals surface area contributed by atoms with Crippen molar-refractivity contribution in [2.24, 2.45) is 0 Å². The third-order valence-electron chi connectivity index (χ3n) is 8.33. The van der Waals surface area contributed by atoms with E-state index in [9.17, 15) is 31.5 Å². The van der Waals surface area contributed by atoms with Gasteiger partial charge in [0.2, 0.25) is 5.91 Å². The summed E-state index contributed by atoms with van der Waals surface area (Å²) in [5, 5.41) is 7.25. The Labute approximate surface area is 249 Å². The highest BCUT2D eigenvalue weighted by Crippen LogP contribution is 2.38. The first-order chi connectivity index (χ1) is 20.9. The van der Waals surface area contributed by atoms with Crippen LogP contribution in [0.4, 0.5) is 27.6 Å². The topological polar surface area (TPSA) is 83.4 Å². The van der Waals surface area contributed by atoms with Gasteiger partial charge in [0.1, 0.15) is 17.2 Å². The first-order valence-electron chi connectivity index (χ1n) is 13.9. The lowest BCUT2D eigenvalue weighted by atomic mass is 9.85. The van der Waals surface area contributed by atoms with Crippen LogP contribution in [0.5, 0.6) is 0 Å². The van der Waals surface area contributed by atoms with Gasteiger partial charge >= 0.3 is 6.18 Å². The number of rotatable bonds is 4. The van der Waals surface area contributed by atoms with Gasteiger partial charge in [-0.1, -0.05) is 0 Å². The van der Waals surface area contributed by atoms with Gasteiger partial charge in [-0.25, -0.2) is 13.5 Å². The number of pyridine rings is 1. The molecule has 4 aromatic rings. The number of aromatic nitrogens is 3. The lowest BCUT2D eigenvalue weighted by Gasteiger charge is -2.43. The summed E-state index contributed by atoms with van der Waals surface area (Å²) >= 11 is 0. The summed E-state index contributed by atoms with van der Waals surface area (Å²) in [6.07, 6.45) is -1.34. The van der Waals surface area contributed by atoms with E-state index in [1.54, 1.807) is 43.0 Å². The number of nitrogens with one attached hydrogen (secondary N) is 1. The number of halogens is 5. The molecule has 0 radical (unpaired) electrons. The number of hydrogen-bond donors (Lipinski definition) is 1. The second-order valence-electron chi connectivity index (χ2n) is 11.0. The third kappa shape index (κ3) is 4.95. The predicted molar refractivity (Wildman–Crippen MR) is 151 cm³/mol. The van der Waals surface area contributed by atoms with Gasteiger partial charge in [0, 0.05) is 36.7 Å². The van der Waals surface area contributed by atoms with Gasteiger partial charge in [-0.2, -0.15) is 18.3 Å². The summed E-state index contributed by atoms with van der Waals surface area (Å²) in [4.78, 5) is 34.4. The normalized spacial score (nSPS) is 16.5. The quantitative estimate of drug-likeness (QED) is 0.313. The van der Waals surface area contributed by atoms with Gasteiger partial charge in [0.25, 0.3) is 5.91 Å². The van der Waals surface area contributed by atoms with Crippen molar-refractivity contribution >= 4 is 17.5 Å². The molecule has 2 amide bonds. The van der Waals surface area contributed by atoms with Crippen LogP contribution in [0.15, 0.2) is 60.9 Å². The lowest BCUT2D eigenvalue weighted by Crippen LogP contribution is -2.57. The molecule has 2 aliphatic rings. The van der Waals surface area contributed by atoms with E-state index in [4.69, 9.17) is 0 Å². The number of benzene rings is 2. The number of aryl methyl sites for hydroxylation is 2. The lowest BCUT2D eigenvalue weighted by molar-refractivity contribution is -0.140. The maximum absolute atomic E-state index is 14.3. The van der Waals surface area contributed by atoms with E-state index >= 15 is 0 Å². The molecule has 2 aromatic carbocycles. The summed E-state index contributed by atoms with van der Waals surface area (Å²) in [7, 11) is 0. The van der Waals surface area contributed by atoms with Gasteiger partial charge in [0.15, 0.2) is 5.69 Å². The molecule has 1 N–H and O–H groups in total. The minimum absolute atomic E-state index is 0.0322. The van der Waals surface area contributed by atoms with E-state index in [2.05, 4.69) is 15.4 Å². The highest BCUT2D eigenvalue weighted by molar-refractivity contribution is 5.96. The van der Waals surface area contributed by atoms with E-state index in [-0.39, 0.29) is 48.6 Å². The van der Waals surface area contributed by atoms with Crippen LogP contribution >= 0.6 is 0 Å². The minimum atomic E-state index is -4.93. The maximum atomic E-state index is 14.3. The Hall–Kier alpha value is -4.81. The molecule has 0 atom stereocenters. The third-order valence-corrected chi connectivity index (χ3v) is 8.33. The molecule has 13 heteroatoms. The van der Waals surface area contributed by atoms with Gasteiger partial charge < -0.3 is 15.1 Å². The zero-order chi connectivity index (χ0) is 31.4. The van der Waals surface area contributed by atoms with Gasteiger partial charge in [-0.3, -0.25) is 14.6 Å². The Balaban J connectivity index is 1.30.